The van der Waals surface area contributed by atoms with E-state index in [1.54, 1.807) is 31.4 Å². The molecule has 1 unspecified atom stereocenters. The fourth-order valence-corrected chi connectivity index (χ4v) is 4.90. The zero-order chi connectivity index (χ0) is 24.0. The summed E-state index contributed by atoms with van der Waals surface area (Å²) in [6, 6.07) is 14.1. The first-order chi connectivity index (χ1) is 15.7. The third-order valence-electron chi connectivity index (χ3n) is 5.82. The Morgan fingerprint density at radius 3 is 2.15 bits per heavy atom. The number of nitrogens with zero attached hydrogens (tertiary/aromatic N) is 1. The van der Waals surface area contributed by atoms with Crippen molar-refractivity contribution in [1.29, 1.82) is 0 Å². The van der Waals surface area contributed by atoms with Gasteiger partial charge in [0.05, 0.1) is 21.7 Å². The average Bonchev–Trinajstić information content (AvgIpc) is 2.79. The summed E-state index contributed by atoms with van der Waals surface area (Å²) in [5, 5.41) is 7.11. The molecule has 176 valence electrons. The Hall–Kier alpha value is -2.97. The monoisotopic (exact) mass is 467 g/mol. The summed E-state index contributed by atoms with van der Waals surface area (Å²) < 4.78 is 5.22. The zero-order valence-corrected chi connectivity index (χ0v) is 20.8. The van der Waals surface area contributed by atoms with Crippen LogP contribution in [0.3, 0.4) is 0 Å². The van der Waals surface area contributed by atoms with E-state index in [9.17, 15) is 14.4 Å². The lowest BCUT2D eigenvalue weighted by Gasteiger charge is -2.26. The maximum absolute atomic E-state index is 13.2. The van der Waals surface area contributed by atoms with Crippen LogP contribution in [0.1, 0.15) is 24.4 Å². The largest absolute Gasteiger partial charge is 0.497 e. The Kier molecular flexibility index (Phi) is 8.04. The standard InChI is InChI=1S/C25H33N3O4Si/c1-32-21-9-5-18(6-10-21)24(27-23(30)17-28-15-13-20(29)14-16-28)25(31)26-19-7-11-22(12-8-19)33(2,3)4/h5-12,24H,13-17H2,1-4H3,(H,26,31)(H,27,30). The van der Waals surface area contributed by atoms with Gasteiger partial charge in [-0.25, -0.2) is 0 Å². The number of Topliss-reactive ketones (excluding diaryl/α,β-unsaturated/α-hetero) is 1. The summed E-state index contributed by atoms with van der Waals surface area (Å²) in [4.78, 5) is 39.4. The molecule has 0 spiro atoms. The van der Waals surface area contributed by atoms with Crippen LogP contribution in [0.25, 0.3) is 0 Å². The molecule has 0 aromatic heterocycles. The molecule has 0 saturated carbocycles. The van der Waals surface area contributed by atoms with Crippen LogP contribution in [0.4, 0.5) is 5.69 Å². The van der Waals surface area contributed by atoms with Crippen molar-refractivity contribution in [2.24, 2.45) is 0 Å². The number of hydrogen-bond acceptors (Lipinski definition) is 5. The molecule has 2 amide bonds. The number of carbonyl (C=O) groups is 3. The number of amides is 2. The molecule has 0 aliphatic carbocycles. The first kappa shape index (κ1) is 24.7. The molecule has 1 aliphatic heterocycles. The van der Waals surface area contributed by atoms with Gasteiger partial charge in [-0.05, 0) is 29.8 Å². The van der Waals surface area contributed by atoms with Gasteiger partial charge >= 0.3 is 0 Å². The number of likely N-dealkylation sites (tertiary alicyclic amines) is 1. The van der Waals surface area contributed by atoms with Crippen LogP contribution >= 0.6 is 0 Å². The van der Waals surface area contributed by atoms with Crippen LogP contribution in [-0.2, 0) is 14.4 Å². The highest BCUT2D eigenvalue weighted by Gasteiger charge is 2.25. The smallest absolute Gasteiger partial charge is 0.251 e. The van der Waals surface area contributed by atoms with Gasteiger partial charge in [-0.3, -0.25) is 19.3 Å². The van der Waals surface area contributed by atoms with E-state index in [-0.39, 0.29) is 24.1 Å². The van der Waals surface area contributed by atoms with Gasteiger partial charge < -0.3 is 15.4 Å². The lowest BCUT2D eigenvalue weighted by molar-refractivity contribution is -0.128. The van der Waals surface area contributed by atoms with Crippen LogP contribution in [0, 0.1) is 0 Å². The molecule has 3 rings (SSSR count). The van der Waals surface area contributed by atoms with E-state index in [2.05, 4.69) is 42.4 Å². The van der Waals surface area contributed by atoms with Gasteiger partial charge in [-0.15, -0.1) is 0 Å². The summed E-state index contributed by atoms with van der Waals surface area (Å²) in [5.41, 5.74) is 1.35. The van der Waals surface area contributed by atoms with E-state index in [4.69, 9.17) is 4.74 Å². The van der Waals surface area contributed by atoms with Crippen LogP contribution in [0.2, 0.25) is 19.6 Å². The molecule has 2 N–H and O–H groups in total. The number of benzene rings is 2. The van der Waals surface area contributed by atoms with Crippen molar-refractivity contribution in [1.82, 2.24) is 10.2 Å². The Labute approximate surface area is 196 Å². The van der Waals surface area contributed by atoms with Gasteiger partial charge in [-0.2, -0.15) is 0 Å². The highest BCUT2D eigenvalue weighted by molar-refractivity contribution is 6.88. The molecular formula is C25H33N3O4Si. The van der Waals surface area contributed by atoms with Crippen molar-refractivity contribution >= 4 is 36.5 Å². The van der Waals surface area contributed by atoms with E-state index >= 15 is 0 Å². The lowest BCUT2D eigenvalue weighted by Crippen LogP contribution is -2.45. The van der Waals surface area contributed by atoms with Gasteiger partial charge in [0.25, 0.3) is 5.91 Å². The van der Waals surface area contributed by atoms with Crippen LogP contribution in [0.5, 0.6) is 5.75 Å². The molecule has 33 heavy (non-hydrogen) atoms. The zero-order valence-electron chi connectivity index (χ0n) is 19.8. The minimum absolute atomic E-state index is 0.151. The molecule has 1 saturated heterocycles. The van der Waals surface area contributed by atoms with Crippen molar-refractivity contribution in [3.8, 4) is 5.75 Å². The minimum atomic E-state index is -1.43. The second-order valence-electron chi connectivity index (χ2n) is 9.41. The number of nitrogens with one attached hydrogen (secondary N) is 2. The summed E-state index contributed by atoms with van der Waals surface area (Å²) in [6.45, 7) is 8.10. The van der Waals surface area contributed by atoms with Crippen molar-refractivity contribution in [3.63, 3.8) is 0 Å². The second kappa shape index (κ2) is 10.8. The molecular weight excluding hydrogens is 434 g/mol. The summed E-state index contributed by atoms with van der Waals surface area (Å²) in [7, 11) is 0.143. The maximum atomic E-state index is 13.2. The number of carbonyl (C=O) groups excluding carboxylic acids is 3. The molecule has 1 aliphatic rings. The van der Waals surface area contributed by atoms with Crippen molar-refractivity contribution < 1.29 is 19.1 Å². The first-order valence-electron chi connectivity index (χ1n) is 11.2. The van der Waals surface area contributed by atoms with Crippen molar-refractivity contribution in [3.05, 3.63) is 54.1 Å². The number of anilines is 1. The first-order valence-corrected chi connectivity index (χ1v) is 14.7. The Morgan fingerprint density at radius 2 is 1.61 bits per heavy atom. The van der Waals surface area contributed by atoms with E-state index in [0.29, 0.717) is 42.9 Å². The third-order valence-corrected chi connectivity index (χ3v) is 7.88. The molecule has 8 heteroatoms. The Balaban J connectivity index is 1.73. The summed E-state index contributed by atoms with van der Waals surface area (Å²) in [6.07, 6.45) is 0.923. The number of ketones is 1. The molecule has 7 nitrogen and oxygen atoms in total. The van der Waals surface area contributed by atoms with E-state index in [1.807, 2.05) is 17.0 Å². The van der Waals surface area contributed by atoms with Crippen LogP contribution in [0.15, 0.2) is 48.5 Å². The fourth-order valence-electron chi connectivity index (χ4n) is 3.73. The number of rotatable bonds is 8. The van der Waals surface area contributed by atoms with E-state index in [1.165, 1.54) is 5.19 Å². The molecule has 0 bridgehead atoms. The molecule has 0 radical (unpaired) electrons. The van der Waals surface area contributed by atoms with Crippen LogP contribution in [-0.4, -0.2) is 57.3 Å². The van der Waals surface area contributed by atoms with Gasteiger partial charge in [0, 0.05) is 31.6 Å². The third kappa shape index (κ3) is 7.00. The fraction of sp³-hybridized carbons (Fsp3) is 0.400. The van der Waals surface area contributed by atoms with Gasteiger partial charge in [0.2, 0.25) is 5.91 Å². The van der Waals surface area contributed by atoms with Gasteiger partial charge in [0.1, 0.15) is 17.6 Å². The molecule has 2 aromatic rings. The molecule has 1 atom stereocenters. The maximum Gasteiger partial charge on any atom is 0.251 e. The topological polar surface area (TPSA) is 87.7 Å². The SMILES string of the molecule is COc1ccc(C(NC(=O)CN2CCC(=O)CC2)C(=O)Nc2ccc([Si](C)(C)C)cc2)cc1. The van der Waals surface area contributed by atoms with Gasteiger partial charge in [0.15, 0.2) is 0 Å². The highest BCUT2D eigenvalue weighted by Crippen LogP contribution is 2.20. The average molecular weight is 468 g/mol. The summed E-state index contributed by atoms with van der Waals surface area (Å²) in [5.74, 6) is 0.323. The minimum Gasteiger partial charge on any atom is -0.497 e. The van der Waals surface area contributed by atoms with Crippen molar-refractivity contribution in [2.45, 2.75) is 38.5 Å². The van der Waals surface area contributed by atoms with Crippen molar-refractivity contribution in [2.75, 3.05) is 32.1 Å². The number of hydrogen-bond donors (Lipinski definition) is 2. The van der Waals surface area contributed by atoms with E-state index < -0.39 is 14.1 Å². The second-order valence-corrected chi connectivity index (χ2v) is 14.5. The van der Waals surface area contributed by atoms with Gasteiger partial charge in [-0.1, -0.05) is 49.1 Å². The molecule has 1 fully saturated rings. The number of piperidine rings is 1. The van der Waals surface area contributed by atoms with E-state index in [0.717, 1.165) is 0 Å². The number of ether oxygens (including phenoxy) is 1. The quantitative estimate of drug-likeness (QED) is 0.583. The molecule has 1 heterocycles. The van der Waals surface area contributed by atoms with Crippen LogP contribution < -0.4 is 20.6 Å². The Morgan fingerprint density at radius 1 is 1.00 bits per heavy atom. The normalized spacial score (nSPS) is 15.6. The number of methoxy groups -OCH3 is 1. The lowest BCUT2D eigenvalue weighted by atomic mass is 10.1. The molecule has 2 aromatic carbocycles. The summed E-state index contributed by atoms with van der Waals surface area (Å²) >= 11 is 0. The predicted octanol–water partition coefficient (Wildman–Crippen LogP) is 2.70. The highest BCUT2D eigenvalue weighted by atomic mass is 28.3. The predicted molar refractivity (Wildman–Crippen MR) is 133 cm³/mol. The Bertz CT molecular complexity index is 974.